The summed E-state index contributed by atoms with van der Waals surface area (Å²) >= 11 is 1.73. The van der Waals surface area contributed by atoms with Crippen molar-refractivity contribution in [1.29, 1.82) is 0 Å². The quantitative estimate of drug-likeness (QED) is 0.168. The Bertz CT molecular complexity index is 2040. The fourth-order valence-corrected chi connectivity index (χ4v) is 6.41. The van der Waals surface area contributed by atoms with Gasteiger partial charge < -0.3 is 9.15 Å². The first kappa shape index (κ1) is 28.6. The van der Waals surface area contributed by atoms with Gasteiger partial charge in [0.05, 0.1) is 0 Å². The third-order valence-electron chi connectivity index (χ3n) is 7.54. The molecule has 0 N–H and O–H groups in total. The molecule has 4 nitrogen and oxygen atoms in total. The normalized spacial score (nSPS) is 12.3. The van der Waals surface area contributed by atoms with Crippen LogP contribution >= 0.6 is 11.3 Å². The number of thiophene rings is 1. The van der Waals surface area contributed by atoms with E-state index >= 15 is 0 Å². The first-order valence-electron chi connectivity index (χ1n) is 13.8. The van der Waals surface area contributed by atoms with E-state index < -0.39 is 0 Å². The van der Waals surface area contributed by atoms with Crippen LogP contribution in [0.3, 0.4) is 0 Å². The Kier molecular flexibility index (Phi) is 7.03. The van der Waals surface area contributed by atoms with Crippen molar-refractivity contribution in [1.82, 2.24) is 9.97 Å². The fourth-order valence-electron chi connectivity index (χ4n) is 5.19. The molecule has 42 heavy (non-hydrogen) atoms. The Balaban J connectivity index is 0.00000316. The number of pyridine rings is 2. The van der Waals surface area contributed by atoms with E-state index in [4.69, 9.17) is 19.1 Å². The Morgan fingerprint density at radius 2 is 1.57 bits per heavy atom. The molecule has 0 radical (unpaired) electrons. The van der Waals surface area contributed by atoms with Gasteiger partial charge in [0, 0.05) is 25.9 Å². The number of ether oxygens (including phenoxy) is 1. The summed E-state index contributed by atoms with van der Waals surface area (Å²) in [5, 5.41) is 2.15. The molecule has 0 bridgehead atoms. The van der Waals surface area contributed by atoms with E-state index in [0.29, 0.717) is 17.3 Å². The molecule has 0 atom stereocenters. The zero-order valence-electron chi connectivity index (χ0n) is 24.4. The number of benzene rings is 3. The van der Waals surface area contributed by atoms with Crippen molar-refractivity contribution in [2.45, 2.75) is 52.4 Å². The standard InChI is InChI=1S/C36H30N2O2S.Pt/c1-35(2,3)23-18-16-21(17-19-23)25-12-8-15-28(37-25)40-34-32-30-29-26(39-32)13-9-14-27(29)41-33(30)31(38-34)22-10-7-11-24(20-22)36(4,5)6;/h7-9,11-16,18-20H,1-6H3;/q-2;+2. The topological polar surface area (TPSA) is 48.2 Å². The largest absolute Gasteiger partial charge is 2.00 e. The molecule has 0 amide bonds. The molecular weight excluding hydrogens is 720 g/mol. The average molecular weight is 750 g/mol. The van der Waals surface area contributed by atoms with E-state index in [9.17, 15) is 0 Å². The zero-order chi connectivity index (χ0) is 28.5. The first-order valence-corrected chi connectivity index (χ1v) is 14.6. The third-order valence-corrected chi connectivity index (χ3v) is 8.70. The molecule has 0 aliphatic heterocycles. The minimum absolute atomic E-state index is 0. The van der Waals surface area contributed by atoms with Crippen LogP contribution in [0.15, 0.2) is 77.2 Å². The van der Waals surface area contributed by atoms with E-state index in [-0.39, 0.29) is 31.9 Å². The Morgan fingerprint density at radius 3 is 2.31 bits per heavy atom. The molecule has 4 aromatic heterocycles. The van der Waals surface area contributed by atoms with Crippen molar-refractivity contribution in [3.8, 4) is 34.3 Å². The molecule has 0 spiro atoms. The number of hydrogen-bond donors (Lipinski definition) is 0. The van der Waals surface area contributed by atoms with Gasteiger partial charge in [-0.3, -0.25) is 9.97 Å². The van der Waals surface area contributed by atoms with Crippen LogP contribution in [-0.2, 0) is 31.9 Å². The van der Waals surface area contributed by atoms with Gasteiger partial charge in [-0.1, -0.05) is 59.7 Å². The third kappa shape index (κ3) is 4.93. The van der Waals surface area contributed by atoms with Gasteiger partial charge >= 0.3 is 21.1 Å². The molecule has 0 saturated carbocycles. The fraction of sp³-hybridized carbons (Fsp3) is 0.222. The van der Waals surface area contributed by atoms with Crippen molar-refractivity contribution in [3.63, 3.8) is 0 Å². The van der Waals surface area contributed by atoms with Crippen LogP contribution in [0.25, 0.3) is 53.9 Å². The monoisotopic (exact) mass is 749 g/mol. The Morgan fingerprint density at radius 1 is 0.786 bits per heavy atom. The molecule has 7 rings (SSSR count). The number of aromatic nitrogens is 2. The molecule has 6 heteroatoms. The van der Waals surface area contributed by atoms with E-state index in [1.807, 2.05) is 42.5 Å². The zero-order valence-corrected chi connectivity index (χ0v) is 27.5. The SMILES string of the molecule is CC(C)(C)c1c[c-]c(-c2cccc(Oc3nc(-c4[c-]ccc(C(C)(C)C)c4)c4sc5cccc6oc3c4c65)n2)cc1.[Pt+2]. The van der Waals surface area contributed by atoms with Crippen LogP contribution < -0.4 is 4.74 Å². The summed E-state index contributed by atoms with van der Waals surface area (Å²) in [7, 11) is 0. The number of rotatable bonds is 4. The van der Waals surface area contributed by atoms with Crippen LogP contribution in [0.1, 0.15) is 52.7 Å². The maximum Gasteiger partial charge on any atom is 2.00 e. The average Bonchev–Trinajstić information content (AvgIpc) is 3.54. The first-order chi connectivity index (χ1) is 19.6. The van der Waals surface area contributed by atoms with E-state index in [0.717, 1.165) is 48.3 Å². The van der Waals surface area contributed by atoms with Crippen LogP contribution in [0.2, 0.25) is 0 Å². The van der Waals surface area contributed by atoms with Gasteiger partial charge in [0.1, 0.15) is 5.58 Å². The number of hydrogen-bond acceptors (Lipinski definition) is 5. The predicted molar refractivity (Wildman–Crippen MR) is 168 cm³/mol. The summed E-state index contributed by atoms with van der Waals surface area (Å²) in [6.45, 7) is 13.2. The van der Waals surface area contributed by atoms with Crippen molar-refractivity contribution < 1.29 is 30.2 Å². The summed E-state index contributed by atoms with van der Waals surface area (Å²) in [5.74, 6) is 0.845. The van der Waals surface area contributed by atoms with Gasteiger partial charge in [-0.25, -0.2) is 0 Å². The van der Waals surface area contributed by atoms with Gasteiger partial charge in [-0.2, -0.15) is 0 Å². The summed E-state index contributed by atoms with van der Waals surface area (Å²) in [6.07, 6.45) is 0. The Labute approximate surface area is 264 Å². The summed E-state index contributed by atoms with van der Waals surface area (Å²) < 4.78 is 15.0. The van der Waals surface area contributed by atoms with Crippen molar-refractivity contribution in [2.75, 3.05) is 0 Å². The maximum atomic E-state index is 6.45. The summed E-state index contributed by atoms with van der Waals surface area (Å²) in [6, 6.07) is 31.3. The second-order valence-corrected chi connectivity index (χ2v) is 13.6. The van der Waals surface area contributed by atoms with Crippen molar-refractivity contribution >= 4 is 42.7 Å². The van der Waals surface area contributed by atoms with Crippen LogP contribution in [0, 0.1) is 12.1 Å². The number of nitrogens with zero attached hydrogens (tertiary/aromatic N) is 2. The van der Waals surface area contributed by atoms with E-state index in [1.165, 1.54) is 11.1 Å². The minimum atomic E-state index is -0.000894. The van der Waals surface area contributed by atoms with Gasteiger partial charge in [-0.15, -0.1) is 82.1 Å². The van der Waals surface area contributed by atoms with Gasteiger partial charge in [-0.05, 0) is 34.7 Å². The van der Waals surface area contributed by atoms with Crippen LogP contribution in [0.4, 0.5) is 0 Å². The van der Waals surface area contributed by atoms with Crippen molar-refractivity contribution in [3.05, 3.63) is 96.1 Å². The molecule has 0 aliphatic carbocycles. The molecule has 0 unspecified atom stereocenters. The Hall–Kier alpha value is -3.53. The van der Waals surface area contributed by atoms with Crippen molar-refractivity contribution in [2.24, 2.45) is 0 Å². The second-order valence-electron chi connectivity index (χ2n) is 12.6. The molecule has 212 valence electrons. The minimum Gasteiger partial charge on any atom is -0.450 e. The summed E-state index contributed by atoms with van der Waals surface area (Å²) in [5.41, 5.74) is 7.45. The van der Waals surface area contributed by atoms with Gasteiger partial charge in [0.2, 0.25) is 5.88 Å². The molecule has 3 aromatic carbocycles. The molecule has 0 aliphatic rings. The molecule has 4 heterocycles. The summed E-state index contributed by atoms with van der Waals surface area (Å²) in [4.78, 5) is 9.90. The smallest absolute Gasteiger partial charge is 0.450 e. The van der Waals surface area contributed by atoms with E-state index in [1.54, 1.807) is 11.3 Å². The molecular formula is C36H30N2O2PtS. The maximum absolute atomic E-state index is 6.45. The molecule has 0 fully saturated rings. The van der Waals surface area contributed by atoms with Crippen LogP contribution in [-0.4, -0.2) is 9.97 Å². The number of furan rings is 1. The van der Waals surface area contributed by atoms with Gasteiger partial charge in [0.15, 0.2) is 5.58 Å². The predicted octanol–water partition coefficient (Wildman–Crippen LogP) is 10.3. The van der Waals surface area contributed by atoms with Gasteiger partial charge in [0.25, 0.3) is 5.88 Å². The molecule has 7 aromatic rings. The van der Waals surface area contributed by atoms with Crippen LogP contribution in [0.5, 0.6) is 11.8 Å². The molecule has 0 saturated heterocycles. The second kappa shape index (κ2) is 10.3. The van der Waals surface area contributed by atoms with E-state index in [2.05, 4.69) is 84.0 Å².